The van der Waals surface area contributed by atoms with E-state index in [0.717, 1.165) is 40.0 Å². The lowest BCUT2D eigenvalue weighted by molar-refractivity contribution is 0.101. The van der Waals surface area contributed by atoms with Crippen LogP contribution in [0.3, 0.4) is 0 Å². The van der Waals surface area contributed by atoms with Crippen LogP contribution in [0.15, 0.2) is 47.3 Å². The van der Waals surface area contributed by atoms with Crippen molar-refractivity contribution in [1.29, 1.82) is 0 Å². The number of H-pyrrole nitrogens is 1. The Morgan fingerprint density at radius 1 is 1.07 bits per heavy atom. The summed E-state index contributed by atoms with van der Waals surface area (Å²) in [4.78, 5) is 23.6. The predicted molar refractivity (Wildman–Crippen MR) is 109 cm³/mol. The summed E-state index contributed by atoms with van der Waals surface area (Å²) in [6.07, 6.45) is 0.774. The van der Waals surface area contributed by atoms with Gasteiger partial charge in [-0.1, -0.05) is 19.1 Å². The summed E-state index contributed by atoms with van der Waals surface area (Å²) in [6.45, 7) is 7.69. The van der Waals surface area contributed by atoms with Gasteiger partial charge in [-0.15, -0.1) is 0 Å². The number of Topliss-reactive ketones (excluding diaryl/α,β-unsaturated/α-hetero) is 1. The third-order valence-corrected chi connectivity index (χ3v) is 4.62. The first-order chi connectivity index (χ1) is 12.9. The van der Waals surface area contributed by atoms with Crippen molar-refractivity contribution in [3.63, 3.8) is 0 Å². The van der Waals surface area contributed by atoms with Gasteiger partial charge in [-0.25, -0.2) is 5.10 Å². The molecule has 1 aromatic heterocycles. The fraction of sp³-hybridized carbons (Fsp3) is 0.227. The van der Waals surface area contributed by atoms with Gasteiger partial charge in [0.25, 0.3) is 5.56 Å². The van der Waals surface area contributed by atoms with Crippen LogP contribution in [0.25, 0.3) is 11.3 Å². The molecular weight excluding hydrogens is 338 g/mol. The number of nitrogens with one attached hydrogen (secondary N) is 2. The maximum absolute atomic E-state index is 12.3. The Labute approximate surface area is 158 Å². The van der Waals surface area contributed by atoms with E-state index in [1.165, 1.54) is 6.07 Å². The molecule has 0 radical (unpaired) electrons. The molecule has 0 fully saturated rings. The van der Waals surface area contributed by atoms with Crippen LogP contribution < -0.4 is 10.9 Å². The number of anilines is 2. The van der Waals surface area contributed by atoms with Gasteiger partial charge >= 0.3 is 0 Å². The van der Waals surface area contributed by atoms with Gasteiger partial charge < -0.3 is 5.32 Å². The van der Waals surface area contributed by atoms with Crippen molar-refractivity contribution in [1.82, 2.24) is 10.2 Å². The number of aromatic amines is 1. The molecule has 138 valence electrons. The van der Waals surface area contributed by atoms with Gasteiger partial charge in [0.15, 0.2) is 5.78 Å². The summed E-state index contributed by atoms with van der Waals surface area (Å²) in [5.74, 6) is -0.0314. The van der Waals surface area contributed by atoms with Crippen molar-refractivity contribution < 1.29 is 4.79 Å². The minimum absolute atomic E-state index is 0.0314. The quantitative estimate of drug-likeness (QED) is 0.653. The second-order valence-electron chi connectivity index (χ2n) is 6.71. The maximum atomic E-state index is 12.3. The van der Waals surface area contributed by atoms with Crippen LogP contribution in [0.2, 0.25) is 0 Å². The standard InChI is InChI=1S/C22H23N3O2/c1-5-16-11-21(23-20-10-13(2)6-7-14(20)3)17(15(4)26)12-18(16)19-8-9-22(27)25-24-19/h6-12,23H,5H2,1-4H3,(H,25,27). The normalized spacial score (nSPS) is 10.7. The number of aryl methyl sites for hydroxylation is 3. The van der Waals surface area contributed by atoms with Crippen LogP contribution in [-0.4, -0.2) is 16.0 Å². The number of benzene rings is 2. The molecule has 0 bridgehead atoms. The molecule has 0 unspecified atom stereocenters. The van der Waals surface area contributed by atoms with Crippen LogP contribution in [0.1, 0.15) is 40.9 Å². The molecule has 1 heterocycles. The molecule has 0 aliphatic carbocycles. The van der Waals surface area contributed by atoms with E-state index in [2.05, 4.69) is 40.6 Å². The smallest absolute Gasteiger partial charge is 0.264 e. The summed E-state index contributed by atoms with van der Waals surface area (Å²) in [6, 6.07) is 13.2. The van der Waals surface area contributed by atoms with E-state index in [9.17, 15) is 9.59 Å². The van der Waals surface area contributed by atoms with Crippen LogP contribution in [0, 0.1) is 13.8 Å². The van der Waals surface area contributed by atoms with Gasteiger partial charge in [0, 0.05) is 28.6 Å². The first-order valence-electron chi connectivity index (χ1n) is 8.97. The summed E-state index contributed by atoms with van der Waals surface area (Å²) < 4.78 is 0. The van der Waals surface area contributed by atoms with Crippen molar-refractivity contribution >= 4 is 17.2 Å². The molecule has 0 spiro atoms. The van der Waals surface area contributed by atoms with E-state index in [4.69, 9.17) is 0 Å². The van der Waals surface area contributed by atoms with Gasteiger partial charge in [0.05, 0.1) is 5.69 Å². The second-order valence-corrected chi connectivity index (χ2v) is 6.71. The molecule has 0 amide bonds. The summed E-state index contributed by atoms with van der Waals surface area (Å²) >= 11 is 0. The lowest BCUT2D eigenvalue weighted by Gasteiger charge is -2.17. The predicted octanol–water partition coefficient (Wildman–Crippen LogP) is 4.56. The highest BCUT2D eigenvalue weighted by molar-refractivity contribution is 6.02. The number of carbonyl (C=O) groups excluding carboxylic acids is 1. The van der Waals surface area contributed by atoms with Gasteiger partial charge in [0.2, 0.25) is 0 Å². The molecule has 0 aliphatic heterocycles. The average Bonchev–Trinajstić information content (AvgIpc) is 2.65. The first-order valence-corrected chi connectivity index (χ1v) is 8.97. The lowest BCUT2D eigenvalue weighted by Crippen LogP contribution is -2.08. The first kappa shape index (κ1) is 18.6. The molecule has 0 aliphatic rings. The Morgan fingerprint density at radius 2 is 1.85 bits per heavy atom. The maximum Gasteiger partial charge on any atom is 0.264 e. The third-order valence-electron chi connectivity index (χ3n) is 4.62. The molecule has 3 rings (SSSR count). The van der Waals surface area contributed by atoms with Crippen LogP contribution in [0.4, 0.5) is 11.4 Å². The molecule has 0 saturated carbocycles. The van der Waals surface area contributed by atoms with Gasteiger partial charge in [-0.05, 0) is 68.1 Å². The Hall–Kier alpha value is -3.21. The highest BCUT2D eigenvalue weighted by Crippen LogP contribution is 2.32. The fourth-order valence-electron chi connectivity index (χ4n) is 3.08. The van der Waals surface area contributed by atoms with Crippen molar-refractivity contribution in [2.45, 2.75) is 34.1 Å². The number of aromatic nitrogens is 2. The Balaban J connectivity index is 2.14. The number of nitrogens with zero attached hydrogens (tertiary/aromatic N) is 1. The summed E-state index contributed by atoms with van der Waals surface area (Å²) in [5.41, 5.74) is 6.91. The van der Waals surface area contributed by atoms with E-state index >= 15 is 0 Å². The zero-order valence-corrected chi connectivity index (χ0v) is 16.0. The molecular formula is C22H23N3O2. The SMILES string of the molecule is CCc1cc(Nc2cc(C)ccc2C)c(C(C)=O)cc1-c1ccc(=O)[nH]n1. The average molecular weight is 361 g/mol. The van der Waals surface area contributed by atoms with E-state index in [0.29, 0.717) is 11.3 Å². The Morgan fingerprint density at radius 3 is 2.48 bits per heavy atom. The van der Waals surface area contributed by atoms with Crippen LogP contribution in [0.5, 0.6) is 0 Å². The lowest BCUT2D eigenvalue weighted by atomic mass is 9.95. The number of hydrogen-bond donors (Lipinski definition) is 2. The van der Waals surface area contributed by atoms with E-state index in [1.807, 2.05) is 26.0 Å². The molecule has 3 aromatic rings. The molecule has 0 saturated heterocycles. The van der Waals surface area contributed by atoms with Crippen LogP contribution in [-0.2, 0) is 6.42 Å². The molecule has 0 atom stereocenters. The Bertz CT molecular complexity index is 1050. The van der Waals surface area contributed by atoms with Crippen molar-refractivity contribution in [3.05, 3.63) is 75.1 Å². The number of hydrogen-bond acceptors (Lipinski definition) is 4. The minimum atomic E-state index is -0.253. The highest BCUT2D eigenvalue weighted by Gasteiger charge is 2.15. The molecule has 5 nitrogen and oxygen atoms in total. The van der Waals surface area contributed by atoms with E-state index in [-0.39, 0.29) is 11.3 Å². The number of rotatable bonds is 5. The summed E-state index contributed by atoms with van der Waals surface area (Å²) in [5, 5.41) is 10.0. The largest absolute Gasteiger partial charge is 0.355 e. The fourth-order valence-corrected chi connectivity index (χ4v) is 3.08. The van der Waals surface area contributed by atoms with Gasteiger partial charge in [-0.2, -0.15) is 5.10 Å². The number of ketones is 1. The zero-order valence-electron chi connectivity index (χ0n) is 16.0. The van der Waals surface area contributed by atoms with Gasteiger partial charge in [-0.3, -0.25) is 9.59 Å². The molecule has 5 heteroatoms. The molecule has 2 aromatic carbocycles. The Kier molecular flexibility index (Phi) is 5.21. The minimum Gasteiger partial charge on any atom is -0.355 e. The van der Waals surface area contributed by atoms with E-state index in [1.54, 1.807) is 13.0 Å². The molecule has 2 N–H and O–H groups in total. The number of carbonyl (C=O) groups is 1. The van der Waals surface area contributed by atoms with Gasteiger partial charge in [0.1, 0.15) is 0 Å². The second kappa shape index (κ2) is 7.58. The van der Waals surface area contributed by atoms with Crippen molar-refractivity contribution in [3.8, 4) is 11.3 Å². The highest BCUT2D eigenvalue weighted by atomic mass is 16.1. The van der Waals surface area contributed by atoms with E-state index < -0.39 is 0 Å². The third kappa shape index (κ3) is 3.97. The monoisotopic (exact) mass is 361 g/mol. The topological polar surface area (TPSA) is 74.8 Å². The van der Waals surface area contributed by atoms with Crippen LogP contribution >= 0.6 is 0 Å². The van der Waals surface area contributed by atoms with Crippen molar-refractivity contribution in [2.24, 2.45) is 0 Å². The summed E-state index contributed by atoms with van der Waals surface area (Å²) in [7, 11) is 0. The zero-order chi connectivity index (χ0) is 19.6. The van der Waals surface area contributed by atoms with Crippen molar-refractivity contribution in [2.75, 3.05) is 5.32 Å². The molecule has 27 heavy (non-hydrogen) atoms.